The van der Waals surface area contributed by atoms with Crippen molar-refractivity contribution >= 4 is 21.7 Å². The van der Waals surface area contributed by atoms with Crippen LogP contribution in [0.15, 0.2) is 60.0 Å². The topological polar surface area (TPSA) is 72.9 Å². The Morgan fingerprint density at radius 2 is 1.85 bits per heavy atom. The number of methoxy groups -OCH3 is 1. The van der Waals surface area contributed by atoms with Gasteiger partial charge in [0.15, 0.2) is 0 Å². The summed E-state index contributed by atoms with van der Waals surface area (Å²) < 4.78 is 37.7. The standard InChI is InChI=1S/C20H23NO5S/c1-5-13-21(27(23,24)18-11-9-17(25-4)10-12-18)19-14-16(8-7-15(19)3)20(22)26-6-2/h5,7-12,14H,1,6,13H2,2-4H3. The molecule has 2 rings (SSSR count). The predicted molar refractivity (Wildman–Crippen MR) is 105 cm³/mol. The third-order valence-corrected chi connectivity index (χ3v) is 5.73. The lowest BCUT2D eigenvalue weighted by Crippen LogP contribution is -2.32. The van der Waals surface area contributed by atoms with Crippen LogP contribution in [0.5, 0.6) is 5.75 Å². The second-order valence-corrected chi connectivity index (χ2v) is 7.58. The molecule has 2 aromatic rings. The van der Waals surface area contributed by atoms with Crippen LogP contribution < -0.4 is 9.04 Å². The van der Waals surface area contributed by atoms with Crippen LogP contribution in [0.4, 0.5) is 5.69 Å². The van der Waals surface area contributed by atoms with E-state index in [0.29, 0.717) is 17.0 Å². The number of carbonyl (C=O) groups excluding carboxylic acids is 1. The summed E-state index contributed by atoms with van der Waals surface area (Å²) in [4.78, 5) is 12.2. The molecule has 0 unspecified atom stereocenters. The van der Waals surface area contributed by atoms with Crippen molar-refractivity contribution in [1.29, 1.82) is 0 Å². The first kappa shape index (κ1) is 20.5. The third-order valence-electron chi connectivity index (χ3n) is 3.93. The summed E-state index contributed by atoms with van der Waals surface area (Å²) in [5.74, 6) is 0.0591. The number of ether oxygens (including phenoxy) is 2. The van der Waals surface area contributed by atoms with E-state index in [-0.39, 0.29) is 23.6 Å². The fraction of sp³-hybridized carbons (Fsp3) is 0.250. The van der Waals surface area contributed by atoms with E-state index in [9.17, 15) is 13.2 Å². The lowest BCUT2D eigenvalue weighted by Gasteiger charge is -2.25. The highest BCUT2D eigenvalue weighted by atomic mass is 32.2. The SMILES string of the molecule is C=CCN(c1cc(C(=O)OCC)ccc1C)S(=O)(=O)c1ccc(OC)cc1. The van der Waals surface area contributed by atoms with Gasteiger partial charge in [0.2, 0.25) is 0 Å². The molecular weight excluding hydrogens is 366 g/mol. The molecule has 0 saturated carbocycles. The Labute approximate surface area is 160 Å². The molecule has 6 nitrogen and oxygen atoms in total. The highest BCUT2D eigenvalue weighted by Crippen LogP contribution is 2.29. The van der Waals surface area contributed by atoms with Crippen LogP contribution in [-0.4, -0.2) is 34.6 Å². The fourth-order valence-electron chi connectivity index (χ4n) is 2.54. The summed E-state index contributed by atoms with van der Waals surface area (Å²) in [6, 6.07) is 11.0. The van der Waals surface area contributed by atoms with Gasteiger partial charge in [-0.25, -0.2) is 13.2 Å². The number of rotatable bonds is 8. The lowest BCUT2D eigenvalue weighted by atomic mass is 10.1. The Kier molecular flexibility index (Phi) is 6.63. The molecular formula is C20H23NO5S. The first-order valence-corrected chi connectivity index (χ1v) is 9.84. The zero-order valence-electron chi connectivity index (χ0n) is 15.6. The van der Waals surface area contributed by atoms with Gasteiger partial charge in [0.1, 0.15) is 5.75 Å². The Morgan fingerprint density at radius 1 is 1.19 bits per heavy atom. The zero-order valence-corrected chi connectivity index (χ0v) is 16.5. The van der Waals surface area contributed by atoms with Crippen molar-refractivity contribution in [2.75, 3.05) is 24.6 Å². The highest BCUT2D eigenvalue weighted by Gasteiger charge is 2.26. The molecule has 0 radical (unpaired) electrons. The van der Waals surface area contributed by atoms with Gasteiger partial charge in [0, 0.05) is 0 Å². The molecule has 0 atom stereocenters. The number of carbonyl (C=O) groups is 1. The molecule has 144 valence electrons. The molecule has 0 amide bonds. The van der Waals surface area contributed by atoms with Crippen molar-refractivity contribution in [3.63, 3.8) is 0 Å². The number of esters is 1. The van der Waals surface area contributed by atoms with Gasteiger partial charge in [-0.1, -0.05) is 12.1 Å². The fourth-order valence-corrected chi connectivity index (χ4v) is 4.03. The van der Waals surface area contributed by atoms with E-state index < -0.39 is 16.0 Å². The Hall–Kier alpha value is -2.80. The van der Waals surface area contributed by atoms with E-state index in [4.69, 9.17) is 9.47 Å². The summed E-state index contributed by atoms with van der Waals surface area (Å²) in [5.41, 5.74) is 1.40. The molecule has 0 saturated heterocycles. The van der Waals surface area contributed by atoms with E-state index in [2.05, 4.69) is 6.58 Å². The van der Waals surface area contributed by atoms with Crippen LogP contribution >= 0.6 is 0 Å². The van der Waals surface area contributed by atoms with Crippen molar-refractivity contribution in [2.24, 2.45) is 0 Å². The van der Waals surface area contributed by atoms with Crippen molar-refractivity contribution < 1.29 is 22.7 Å². The number of hydrogen-bond donors (Lipinski definition) is 0. The second kappa shape index (κ2) is 8.73. The maximum absolute atomic E-state index is 13.2. The number of sulfonamides is 1. The number of benzene rings is 2. The van der Waals surface area contributed by atoms with Crippen molar-refractivity contribution in [3.8, 4) is 5.75 Å². The smallest absolute Gasteiger partial charge is 0.338 e. The Balaban J connectivity index is 2.54. The molecule has 0 aliphatic carbocycles. The van der Waals surface area contributed by atoms with Crippen LogP contribution in [0.25, 0.3) is 0 Å². The van der Waals surface area contributed by atoms with Gasteiger partial charge in [-0.3, -0.25) is 4.31 Å². The Morgan fingerprint density at radius 3 is 2.41 bits per heavy atom. The van der Waals surface area contributed by atoms with Gasteiger partial charge in [-0.05, 0) is 55.8 Å². The Bertz CT molecular complexity index is 920. The summed E-state index contributed by atoms with van der Waals surface area (Å²) in [6.07, 6.45) is 1.50. The molecule has 0 fully saturated rings. The van der Waals surface area contributed by atoms with Gasteiger partial charge in [0.25, 0.3) is 10.0 Å². The van der Waals surface area contributed by atoms with Crippen LogP contribution in [0.1, 0.15) is 22.8 Å². The van der Waals surface area contributed by atoms with Gasteiger partial charge in [-0.2, -0.15) is 0 Å². The number of aryl methyl sites for hydroxylation is 1. The number of hydrogen-bond acceptors (Lipinski definition) is 5. The normalized spacial score (nSPS) is 10.9. The largest absolute Gasteiger partial charge is 0.497 e. The van der Waals surface area contributed by atoms with Crippen molar-refractivity contribution in [3.05, 3.63) is 66.2 Å². The molecule has 0 aliphatic heterocycles. The van der Waals surface area contributed by atoms with Gasteiger partial charge in [0.05, 0.1) is 36.4 Å². The maximum atomic E-state index is 13.2. The minimum Gasteiger partial charge on any atom is -0.497 e. The zero-order chi connectivity index (χ0) is 20.0. The molecule has 0 N–H and O–H groups in total. The van der Waals surface area contributed by atoms with Gasteiger partial charge < -0.3 is 9.47 Å². The van der Waals surface area contributed by atoms with Crippen LogP contribution in [0, 0.1) is 6.92 Å². The summed E-state index contributed by atoms with van der Waals surface area (Å²) >= 11 is 0. The van der Waals surface area contributed by atoms with Gasteiger partial charge >= 0.3 is 5.97 Å². The summed E-state index contributed by atoms with van der Waals surface area (Å²) in [7, 11) is -2.35. The van der Waals surface area contributed by atoms with E-state index in [1.54, 1.807) is 38.1 Å². The van der Waals surface area contributed by atoms with Crippen LogP contribution in [0.2, 0.25) is 0 Å². The average Bonchev–Trinajstić information content (AvgIpc) is 2.67. The molecule has 0 aliphatic rings. The average molecular weight is 389 g/mol. The molecule has 0 spiro atoms. The molecule has 2 aromatic carbocycles. The van der Waals surface area contributed by atoms with E-state index >= 15 is 0 Å². The van der Waals surface area contributed by atoms with E-state index in [0.717, 1.165) is 0 Å². The third kappa shape index (κ3) is 4.49. The number of anilines is 1. The number of nitrogens with zero attached hydrogens (tertiary/aromatic N) is 1. The predicted octanol–water partition coefficient (Wildman–Crippen LogP) is 3.56. The van der Waals surface area contributed by atoms with E-state index in [1.165, 1.54) is 35.7 Å². The first-order valence-electron chi connectivity index (χ1n) is 8.40. The van der Waals surface area contributed by atoms with Crippen molar-refractivity contribution in [2.45, 2.75) is 18.7 Å². The minimum absolute atomic E-state index is 0.0570. The monoisotopic (exact) mass is 389 g/mol. The molecule has 27 heavy (non-hydrogen) atoms. The van der Waals surface area contributed by atoms with Gasteiger partial charge in [-0.15, -0.1) is 6.58 Å². The first-order chi connectivity index (χ1) is 12.8. The molecule has 0 bridgehead atoms. The van der Waals surface area contributed by atoms with Crippen LogP contribution in [-0.2, 0) is 14.8 Å². The highest BCUT2D eigenvalue weighted by molar-refractivity contribution is 7.92. The molecule has 0 aromatic heterocycles. The van der Waals surface area contributed by atoms with Crippen LogP contribution in [0.3, 0.4) is 0 Å². The second-order valence-electron chi connectivity index (χ2n) is 5.72. The minimum atomic E-state index is -3.86. The van der Waals surface area contributed by atoms with Crippen molar-refractivity contribution in [1.82, 2.24) is 0 Å². The van der Waals surface area contributed by atoms with E-state index in [1.807, 2.05) is 0 Å². The maximum Gasteiger partial charge on any atom is 0.338 e. The lowest BCUT2D eigenvalue weighted by molar-refractivity contribution is 0.0526. The summed E-state index contributed by atoms with van der Waals surface area (Å²) in [6.45, 7) is 7.45. The molecule has 0 heterocycles. The molecule has 7 heteroatoms. The quantitative estimate of drug-likeness (QED) is 0.510. The summed E-state index contributed by atoms with van der Waals surface area (Å²) in [5, 5.41) is 0.